The maximum absolute atomic E-state index is 3.63. The molecule has 0 radical (unpaired) electrons. The van der Waals surface area contributed by atoms with Crippen LogP contribution >= 0.6 is 0 Å². The monoisotopic (exact) mass is 481 g/mol. The number of aryl methyl sites for hydroxylation is 1. The van der Waals surface area contributed by atoms with E-state index in [1.165, 1.54) is 50.1 Å². The minimum Gasteiger partial charge on any atom is -0.356 e. The third-order valence-electron chi connectivity index (χ3n) is 9.80. The minimum atomic E-state index is -0.0622. The van der Waals surface area contributed by atoms with Gasteiger partial charge in [-0.1, -0.05) is 101 Å². The highest BCUT2D eigenvalue weighted by Gasteiger charge is 2.55. The summed E-state index contributed by atoms with van der Waals surface area (Å²) in [5.41, 5.74) is 15.0. The van der Waals surface area contributed by atoms with Crippen LogP contribution in [0.1, 0.15) is 73.6 Å². The standard InChI is InChI=1S/C36H35N/c1-22-11-14-24(15-12-22)37-25-16-17-26-27-20-31-32(21-30(27)34(2,3)29(26)19-25)36(6)28-10-8-7-9-23(28)13-18-33(36)35(31,4)5/h7-21,33,37H,1-6H3/t33?,36-/m0/s1. The Morgan fingerprint density at radius 3 is 2.11 bits per heavy atom. The summed E-state index contributed by atoms with van der Waals surface area (Å²) in [7, 11) is 0. The highest BCUT2D eigenvalue weighted by molar-refractivity contribution is 5.85. The fourth-order valence-electron chi connectivity index (χ4n) is 7.74. The van der Waals surface area contributed by atoms with E-state index in [9.17, 15) is 0 Å². The number of allylic oxidation sites excluding steroid dienone is 1. The van der Waals surface area contributed by atoms with Crippen molar-refractivity contribution in [2.75, 3.05) is 5.32 Å². The minimum absolute atomic E-state index is 0.0256. The number of fused-ring (bicyclic) bond motifs is 8. The zero-order chi connectivity index (χ0) is 25.7. The topological polar surface area (TPSA) is 12.0 Å². The van der Waals surface area contributed by atoms with Gasteiger partial charge in [-0.3, -0.25) is 0 Å². The molecular formula is C36H35N. The van der Waals surface area contributed by atoms with Gasteiger partial charge in [0.2, 0.25) is 0 Å². The quantitative estimate of drug-likeness (QED) is 0.301. The fraction of sp³-hybridized carbons (Fsp3) is 0.278. The van der Waals surface area contributed by atoms with Crippen LogP contribution in [0.25, 0.3) is 17.2 Å². The molecule has 37 heavy (non-hydrogen) atoms. The van der Waals surface area contributed by atoms with Crippen molar-refractivity contribution in [3.63, 3.8) is 0 Å². The number of nitrogens with one attached hydrogen (secondary N) is 1. The predicted molar refractivity (Wildman–Crippen MR) is 157 cm³/mol. The summed E-state index contributed by atoms with van der Waals surface area (Å²) in [6.07, 6.45) is 4.83. The van der Waals surface area contributed by atoms with Crippen LogP contribution < -0.4 is 5.32 Å². The molecule has 1 heteroatoms. The number of hydrogen-bond acceptors (Lipinski definition) is 1. The van der Waals surface area contributed by atoms with Crippen molar-refractivity contribution < 1.29 is 0 Å². The van der Waals surface area contributed by atoms with Crippen molar-refractivity contribution in [3.8, 4) is 11.1 Å². The van der Waals surface area contributed by atoms with Crippen molar-refractivity contribution in [1.29, 1.82) is 0 Å². The molecule has 4 aromatic carbocycles. The van der Waals surface area contributed by atoms with Crippen LogP contribution in [0.5, 0.6) is 0 Å². The van der Waals surface area contributed by atoms with Gasteiger partial charge in [-0.15, -0.1) is 0 Å². The molecule has 0 aliphatic heterocycles. The van der Waals surface area contributed by atoms with Gasteiger partial charge < -0.3 is 5.32 Å². The first-order valence-corrected chi connectivity index (χ1v) is 13.6. The van der Waals surface area contributed by atoms with Crippen molar-refractivity contribution in [2.45, 2.75) is 57.8 Å². The molecule has 3 aliphatic rings. The summed E-state index contributed by atoms with van der Waals surface area (Å²) in [5, 5.41) is 3.63. The highest BCUT2D eigenvalue weighted by atomic mass is 14.9. The molecule has 0 aromatic heterocycles. The van der Waals surface area contributed by atoms with Gasteiger partial charge in [0.1, 0.15) is 0 Å². The van der Waals surface area contributed by atoms with E-state index in [1.54, 1.807) is 0 Å². The van der Waals surface area contributed by atoms with E-state index in [0.717, 1.165) is 11.4 Å². The maximum atomic E-state index is 3.63. The lowest BCUT2D eigenvalue weighted by Gasteiger charge is -2.40. The Hall–Kier alpha value is -3.58. The Labute approximate surface area is 221 Å². The number of hydrogen-bond donors (Lipinski definition) is 1. The summed E-state index contributed by atoms with van der Waals surface area (Å²) in [6.45, 7) is 14.3. The molecule has 0 fully saturated rings. The van der Waals surface area contributed by atoms with E-state index in [0.29, 0.717) is 5.92 Å². The molecule has 0 spiro atoms. The first-order chi connectivity index (χ1) is 17.6. The second-order valence-corrected chi connectivity index (χ2v) is 12.7. The van der Waals surface area contributed by atoms with Crippen LogP contribution in [-0.4, -0.2) is 0 Å². The summed E-state index contributed by atoms with van der Waals surface area (Å²) in [5.74, 6) is 0.441. The first-order valence-electron chi connectivity index (χ1n) is 13.6. The zero-order valence-electron chi connectivity index (χ0n) is 22.7. The molecule has 3 aliphatic carbocycles. The SMILES string of the molecule is Cc1ccc(Nc2ccc3c(c2)C(C)(C)c2cc4c(cc2-3)C(C)(C)C2C=Cc3ccccc3[C@@]42C)cc1. The van der Waals surface area contributed by atoms with E-state index in [1.807, 2.05) is 0 Å². The molecule has 4 aromatic rings. The molecule has 0 heterocycles. The van der Waals surface area contributed by atoms with Gasteiger partial charge in [-0.05, 0) is 93.1 Å². The number of benzene rings is 4. The lowest BCUT2D eigenvalue weighted by atomic mass is 9.62. The lowest BCUT2D eigenvalue weighted by Crippen LogP contribution is -2.37. The zero-order valence-corrected chi connectivity index (χ0v) is 22.7. The van der Waals surface area contributed by atoms with Gasteiger partial charge in [-0.2, -0.15) is 0 Å². The molecular weight excluding hydrogens is 446 g/mol. The van der Waals surface area contributed by atoms with Crippen molar-refractivity contribution in [1.82, 2.24) is 0 Å². The molecule has 0 saturated heterocycles. The maximum Gasteiger partial charge on any atom is 0.0387 e. The van der Waals surface area contributed by atoms with Crippen LogP contribution in [0, 0.1) is 12.8 Å². The van der Waals surface area contributed by atoms with Crippen LogP contribution in [0.4, 0.5) is 11.4 Å². The highest BCUT2D eigenvalue weighted by Crippen LogP contribution is 2.62. The molecule has 2 atom stereocenters. The van der Waals surface area contributed by atoms with E-state index in [4.69, 9.17) is 0 Å². The van der Waals surface area contributed by atoms with E-state index < -0.39 is 0 Å². The lowest BCUT2D eigenvalue weighted by molar-refractivity contribution is 0.317. The number of anilines is 2. The van der Waals surface area contributed by atoms with Crippen molar-refractivity contribution >= 4 is 17.5 Å². The van der Waals surface area contributed by atoms with Crippen molar-refractivity contribution in [3.05, 3.63) is 124 Å². The second-order valence-electron chi connectivity index (χ2n) is 12.7. The Morgan fingerprint density at radius 1 is 0.622 bits per heavy atom. The Kier molecular flexibility index (Phi) is 4.43. The second kappa shape index (κ2) is 7.25. The Morgan fingerprint density at radius 2 is 1.32 bits per heavy atom. The fourth-order valence-corrected chi connectivity index (χ4v) is 7.74. The van der Waals surface area contributed by atoms with Gasteiger partial charge in [0, 0.05) is 22.2 Å². The smallest absolute Gasteiger partial charge is 0.0387 e. The van der Waals surface area contributed by atoms with E-state index in [-0.39, 0.29) is 16.2 Å². The van der Waals surface area contributed by atoms with Crippen LogP contribution in [-0.2, 0) is 16.2 Å². The van der Waals surface area contributed by atoms with Gasteiger partial charge in [0.05, 0.1) is 0 Å². The van der Waals surface area contributed by atoms with Crippen LogP contribution in [0.15, 0.2) is 84.9 Å². The summed E-state index contributed by atoms with van der Waals surface area (Å²) < 4.78 is 0. The van der Waals surface area contributed by atoms with Crippen molar-refractivity contribution in [2.24, 2.45) is 5.92 Å². The van der Waals surface area contributed by atoms with E-state index >= 15 is 0 Å². The Balaban J connectivity index is 1.38. The third-order valence-corrected chi connectivity index (χ3v) is 9.80. The van der Waals surface area contributed by atoms with Crippen LogP contribution in [0.2, 0.25) is 0 Å². The van der Waals surface area contributed by atoms with Gasteiger partial charge in [-0.25, -0.2) is 0 Å². The summed E-state index contributed by atoms with van der Waals surface area (Å²) in [6, 6.07) is 29.7. The molecule has 0 amide bonds. The largest absolute Gasteiger partial charge is 0.356 e. The average Bonchev–Trinajstić information content (AvgIpc) is 3.21. The van der Waals surface area contributed by atoms with Crippen LogP contribution in [0.3, 0.4) is 0 Å². The average molecular weight is 482 g/mol. The molecule has 0 saturated carbocycles. The van der Waals surface area contributed by atoms with Gasteiger partial charge in [0.15, 0.2) is 0 Å². The summed E-state index contributed by atoms with van der Waals surface area (Å²) >= 11 is 0. The molecule has 7 rings (SSSR count). The normalized spacial score (nSPS) is 23.0. The summed E-state index contributed by atoms with van der Waals surface area (Å²) in [4.78, 5) is 0. The van der Waals surface area contributed by atoms with Gasteiger partial charge >= 0.3 is 0 Å². The molecule has 1 unspecified atom stereocenters. The third kappa shape index (κ3) is 2.92. The first kappa shape index (κ1) is 22.6. The molecule has 1 nitrogen and oxygen atoms in total. The molecule has 0 bridgehead atoms. The predicted octanol–water partition coefficient (Wildman–Crippen LogP) is 9.29. The van der Waals surface area contributed by atoms with Gasteiger partial charge in [0.25, 0.3) is 0 Å². The van der Waals surface area contributed by atoms with E-state index in [2.05, 4.69) is 138 Å². The molecule has 184 valence electrons. The molecule has 1 N–H and O–H groups in total. The Bertz CT molecular complexity index is 1620. The number of rotatable bonds is 2.